The summed E-state index contributed by atoms with van der Waals surface area (Å²) in [5.41, 5.74) is 1.41. The van der Waals surface area contributed by atoms with E-state index >= 15 is 0 Å². The van der Waals surface area contributed by atoms with Crippen molar-refractivity contribution in [3.63, 3.8) is 0 Å². The minimum absolute atomic E-state index is 0.0603. The van der Waals surface area contributed by atoms with Crippen molar-refractivity contribution in [3.8, 4) is 0 Å². The van der Waals surface area contributed by atoms with Crippen molar-refractivity contribution in [2.24, 2.45) is 0 Å². The first-order chi connectivity index (χ1) is 9.76. The SMILES string of the molecule is CCNc1cnccc1C(=O)NC(CC)c1cccs1. The third kappa shape index (κ3) is 3.36. The number of hydrogen-bond acceptors (Lipinski definition) is 4. The lowest BCUT2D eigenvalue weighted by atomic mass is 10.1. The molecular weight excluding hydrogens is 270 g/mol. The maximum atomic E-state index is 12.4. The first-order valence-corrected chi connectivity index (χ1v) is 7.66. The summed E-state index contributed by atoms with van der Waals surface area (Å²) in [6, 6.07) is 5.86. The summed E-state index contributed by atoms with van der Waals surface area (Å²) in [4.78, 5) is 17.7. The number of nitrogens with zero attached hydrogens (tertiary/aromatic N) is 1. The van der Waals surface area contributed by atoms with E-state index in [2.05, 4.69) is 28.6 Å². The minimum atomic E-state index is -0.0661. The first kappa shape index (κ1) is 14.5. The molecule has 0 saturated carbocycles. The van der Waals surface area contributed by atoms with Crippen LogP contribution in [0.2, 0.25) is 0 Å². The van der Waals surface area contributed by atoms with Crippen molar-refractivity contribution in [2.45, 2.75) is 26.3 Å². The molecule has 1 unspecified atom stereocenters. The van der Waals surface area contributed by atoms with Gasteiger partial charge in [-0.1, -0.05) is 13.0 Å². The van der Waals surface area contributed by atoms with E-state index in [0.29, 0.717) is 5.56 Å². The molecular formula is C15H19N3OS. The maximum absolute atomic E-state index is 12.4. The van der Waals surface area contributed by atoms with E-state index < -0.39 is 0 Å². The Hall–Kier alpha value is -1.88. The van der Waals surface area contributed by atoms with E-state index in [4.69, 9.17) is 0 Å². The zero-order valence-electron chi connectivity index (χ0n) is 11.7. The number of carbonyl (C=O) groups is 1. The van der Waals surface area contributed by atoms with Gasteiger partial charge in [0.25, 0.3) is 5.91 Å². The van der Waals surface area contributed by atoms with Crippen LogP contribution in [0.25, 0.3) is 0 Å². The number of carbonyl (C=O) groups excluding carboxylic acids is 1. The molecule has 0 aromatic carbocycles. The Morgan fingerprint density at radius 1 is 1.40 bits per heavy atom. The van der Waals surface area contributed by atoms with E-state index in [1.54, 1.807) is 29.8 Å². The van der Waals surface area contributed by atoms with Crippen LogP contribution in [-0.4, -0.2) is 17.4 Å². The van der Waals surface area contributed by atoms with Crippen LogP contribution in [0.5, 0.6) is 0 Å². The average molecular weight is 289 g/mol. The van der Waals surface area contributed by atoms with Crippen molar-refractivity contribution in [2.75, 3.05) is 11.9 Å². The molecule has 2 rings (SSSR count). The topological polar surface area (TPSA) is 54.0 Å². The van der Waals surface area contributed by atoms with Gasteiger partial charge in [-0.15, -0.1) is 11.3 Å². The summed E-state index contributed by atoms with van der Waals surface area (Å²) >= 11 is 1.66. The maximum Gasteiger partial charge on any atom is 0.254 e. The Morgan fingerprint density at radius 2 is 2.25 bits per heavy atom. The summed E-state index contributed by atoms with van der Waals surface area (Å²) in [6.07, 6.45) is 4.19. The van der Waals surface area contributed by atoms with E-state index in [9.17, 15) is 4.79 Å². The van der Waals surface area contributed by atoms with Gasteiger partial charge in [-0.3, -0.25) is 9.78 Å². The summed E-state index contributed by atoms with van der Waals surface area (Å²) in [5, 5.41) is 8.28. The number of hydrogen-bond donors (Lipinski definition) is 2. The Kier molecular flexibility index (Phi) is 5.12. The molecule has 2 aromatic rings. The lowest BCUT2D eigenvalue weighted by Gasteiger charge is -2.17. The molecule has 0 aliphatic heterocycles. The lowest BCUT2D eigenvalue weighted by molar-refractivity contribution is 0.0937. The number of amides is 1. The van der Waals surface area contributed by atoms with Gasteiger partial charge in [0.2, 0.25) is 0 Å². The predicted octanol–water partition coefficient (Wildman–Crippen LogP) is 3.46. The van der Waals surface area contributed by atoms with Gasteiger partial charge in [0.05, 0.1) is 23.5 Å². The highest BCUT2D eigenvalue weighted by molar-refractivity contribution is 7.10. The van der Waals surface area contributed by atoms with Crippen LogP contribution in [0.4, 0.5) is 5.69 Å². The smallest absolute Gasteiger partial charge is 0.254 e. The monoisotopic (exact) mass is 289 g/mol. The highest BCUT2D eigenvalue weighted by Gasteiger charge is 2.17. The molecule has 1 amide bonds. The molecule has 0 radical (unpaired) electrons. The average Bonchev–Trinajstić information content (AvgIpc) is 2.99. The van der Waals surface area contributed by atoms with Crippen LogP contribution < -0.4 is 10.6 Å². The zero-order chi connectivity index (χ0) is 14.4. The Morgan fingerprint density at radius 3 is 2.90 bits per heavy atom. The van der Waals surface area contributed by atoms with Crippen molar-refractivity contribution in [3.05, 3.63) is 46.4 Å². The standard InChI is InChI=1S/C15H19N3OS/c1-3-12(14-6-5-9-20-14)18-15(19)11-7-8-16-10-13(11)17-4-2/h5-10,12,17H,3-4H2,1-2H3,(H,18,19). The number of pyridine rings is 1. The molecule has 0 fully saturated rings. The molecule has 5 heteroatoms. The number of anilines is 1. The van der Waals surface area contributed by atoms with Crippen LogP contribution in [0, 0.1) is 0 Å². The molecule has 2 heterocycles. The fourth-order valence-electron chi connectivity index (χ4n) is 2.02. The third-order valence-electron chi connectivity index (χ3n) is 3.03. The van der Waals surface area contributed by atoms with Gasteiger partial charge in [-0.25, -0.2) is 0 Å². The van der Waals surface area contributed by atoms with E-state index in [1.807, 2.05) is 18.4 Å². The fourth-order valence-corrected chi connectivity index (χ4v) is 2.88. The molecule has 0 aliphatic carbocycles. The lowest BCUT2D eigenvalue weighted by Crippen LogP contribution is -2.28. The molecule has 4 nitrogen and oxygen atoms in total. The second kappa shape index (κ2) is 7.05. The predicted molar refractivity (Wildman–Crippen MR) is 83.2 cm³/mol. The highest BCUT2D eigenvalue weighted by atomic mass is 32.1. The highest BCUT2D eigenvalue weighted by Crippen LogP contribution is 2.23. The van der Waals surface area contributed by atoms with Crippen molar-refractivity contribution >= 4 is 22.9 Å². The van der Waals surface area contributed by atoms with E-state index in [1.165, 1.54) is 4.88 Å². The normalized spacial score (nSPS) is 11.9. The van der Waals surface area contributed by atoms with Gasteiger partial charge in [0.1, 0.15) is 0 Å². The molecule has 2 aromatic heterocycles. The van der Waals surface area contributed by atoms with Gasteiger partial charge < -0.3 is 10.6 Å². The molecule has 106 valence electrons. The van der Waals surface area contributed by atoms with Crippen LogP contribution in [0.1, 0.15) is 41.5 Å². The van der Waals surface area contributed by atoms with Crippen LogP contribution in [-0.2, 0) is 0 Å². The Balaban J connectivity index is 2.15. The van der Waals surface area contributed by atoms with E-state index in [-0.39, 0.29) is 11.9 Å². The molecule has 1 atom stereocenters. The van der Waals surface area contributed by atoms with Gasteiger partial charge >= 0.3 is 0 Å². The number of aromatic nitrogens is 1. The largest absolute Gasteiger partial charge is 0.383 e. The molecule has 0 spiro atoms. The molecule has 0 saturated heterocycles. The third-order valence-corrected chi connectivity index (χ3v) is 4.02. The fraction of sp³-hybridized carbons (Fsp3) is 0.333. The summed E-state index contributed by atoms with van der Waals surface area (Å²) in [7, 11) is 0. The number of nitrogens with one attached hydrogen (secondary N) is 2. The van der Waals surface area contributed by atoms with Crippen molar-refractivity contribution < 1.29 is 4.79 Å². The number of thiophene rings is 1. The second-order valence-electron chi connectivity index (χ2n) is 4.40. The minimum Gasteiger partial charge on any atom is -0.383 e. The molecule has 2 N–H and O–H groups in total. The van der Waals surface area contributed by atoms with Crippen LogP contribution in [0.15, 0.2) is 36.0 Å². The van der Waals surface area contributed by atoms with E-state index in [0.717, 1.165) is 18.7 Å². The molecule has 0 aliphatic rings. The van der Waals surface area contributed by atoms with Crippen molar-refractivity contribution in [1.29, 1.82) is 0 Å². The van der Waals surface area contributed by atoms with Gasteiger partial charge in [-0.2, -0.15) is 0 Å². The second-order valence-corrected chi connectivity index (χ2v) is 5.38. The molecule has 20 heavy (non-hydrogen) atoms. The van der Waals surface area contributed by atoms with Gasteiger partial charge in [-0.05, 0) is 30.9 Å². The van der Waals surface area contributed by atoms with Crippen LogP contribution >= 0.6 is 11.3 Å². The number of rotatable bonds is 6. The summed E-state index contributed by atoms with van der Waals surface area (Å²) in [5.74, 6) is -0.0661. The summed E-state index contributed by atoms with van der Waals surface area (Å²) in [6.45, 7) is 4.83. The Labute approximate surface area is 123 Å². The molecule has 0 bridgehead atoms. The van der Waals surface area contributed by atoms with Gasteiger partial charge in [0, 0.05) is 17.6 Å². The van der Waals surface area contributed by atoms with Crippen LogP contribution in [0.3, 0.4) is 0 Å². The quantitative estimate of drug-likeness (QED) is 0.856. The first-order valence-electron chi connectivity index (χ1n) is 6.78. The summed E-state index contributed by atoms with van der Waals surface area (Å²) < 4.78 is 0. The van der Waals surface area contributed by atoms with Crippen molar-refractivity contribution in [1.82, 2.24) is 10.3 Å². The zero-order valence-corrected chi connectivity index (χ0v) is 12.5. The van der Waals surface area contributed by atoms with Gasteiger partial charge in [0.15, 0.2) is 0 Å². The Bertz CT molecular complexity index is 554.